The van der Waals surface area contributed by atoms with Crippen LogP contribution in [0.4, 0.5) is 0 Å². The molecule has 2 nitrogen and oxygen atoms in total. The lowest BCUT2D eigenvalue weighted by atomic mass is 9.85. The molecule has 2 heteroatoms. The van der Waals surface area contributed by atoms with Gasteiger partial charge in [0.2, 0.25) is 0 Å². The predicted molar refractivity (Wildman–Crippen MR) is 34.9 cm³/mol. The van der Waals surface area contributed by atoms with E-state index in [0.29, 0.717) is 5.92 Å². The number of hydrogen-bond donors (Lipinski definition) is 1. The van der Waals surface area contributed by atoms with Gasteiger partial charge in [-0.3, -0.25) is 4.99 Å². The molecule has 0 bridgehead atoms. The highest BCUT2D eigenvalue weighted by Gasteiger charge is 2.19. The summed E-state index contributed by atoms with van der Waals surface area (Å²) >= 11 is 0. The number of amidine groups is 1. The first-order valence-electron chi connectivity index (χ1n) is 3.06. The Morgan fingerprint density at radius 2 is 2.25 bits per heavy atom. The number of nitrogens with two attached hydrogens (primary N) is 1. The summed E-state index contributed by atoms with van der Waals surface area (Å²) in [6.45, 7) is 0. The van der Waals surface area contributed by atoms with Crippen LogP contribution in [0, 0.1) is 5.92 Å². The molecule has 1 saturated carbocycles. The minimum Gasteiger partial charge on any atom is -0.387 e. The zero-order chi connectivity index (χ0) is 5.98. The highest BCUT2D eigenvalue weighted by molar-refractivity contribution is 5.83. The van der Waals surface area contributed by atoms with Gasteiger partial charge in [0.25, 0.3) is 0 Å². The molecule has 0 aromatic carbocycles. The van der Waals surface area contributed by atoms with E-state index in [1.54, 1.807) is 7.05 Å². The monoisotopic (exact) mass is 112 g/mol. The molecule has 1 fully saturated rings. The quantitative estimate of drug-likeness (QED) is 0.395. The molecule has 1 aliphatic rings. The fraction of sp³-hybridized carbons (Fsp3) is 0.833. The van der Waals surface area contributed by atoms with Crippen molar-refractivity contribution in [2.24, 2.45) is 16.6 Å². The zero-order valence-electron chi connectivity index (χ0n) is 5.22. The molecule has 1 rings (SSSR count). The Bertz CT molecular complexity index is 103. The summed E-state index contributed by atoms with van der Waals surface area (Å²) < 4.78 is 0. The van der Waals surface area contributed by atoms with E-state index >= 15 is 0 Å². The van der Waals surface area contributed by atoms with E-state index in [1.807, 2.05) is 0 Å². The van der Waals surface area contributed by atoms with Crippen LogP contribution in [-0.2, 0) is 0 Å². The molecule has 0 aromatic rings. The first-order valence-corrected chi connectivity index (χ1v) is 3.06. The van der Waals surface area contributed by atoms with E-state index in [2.05, 4.69) is 4.99 Å². The van der Waals surface area contributed by atoms with Gasteiger partial charge in [0.15, 0.2) is 0 Å². The van der Waals surface area contributed by atoms with E-state index in [1.165, 1.54) is 19.3 Å². The third-order valence-corrected chi connectivity index (χ3v) is 1.78. The third kappa shape index (κ3) is 0.831. The molecular weight excluding hydrogens is 100 g/mol. The smallest absolute Gasteiger partial charge is 0.0964 e. The Labute approximate surface area is 49.8 Å². The largest absolute Gasteiger partial charge is 0.387 e. The Morgan fingerprint density at radius 1 is 1.62 bits per heavy atom. The van der Waals surface area contributed by atoms with Gasteiger partial charge in [-0.05, 0) is 12.8 Å². The number of nitrogens with zero attached hydrogens (tertiary/aromatic N) is 1. The van der Waals surface area contributed by atoms with E-state index in [0.717, 1.165) is 5.84 Å². The molecule has 0 aromatic heterocycles. The van der Waals surface area contributed by atoms with Gasteiger partial charge in [-0.2, -0.15) is 0 Å². The average Bonchev–Trinajstić information content (AvgIpc) is 1.62. The average molecular weight is 112 g/mol. The maximum Gasteiger partial charge on any atom is 0.0964 e. The summed E-state index contributed by atoms with van der Waals surface area (Å²) in [6, 6.07) is 0. The second-order valence-electron chi connectivity index (χ2n) is 2.28. The van der Waals surface area contributed by atoms with Crippen LogP contribution in [0.15, 0.2) is 4.99 Å². The highest BCUT2D eigenvalue weighted by atomic mass is 14.8. The summed E-state index contributed by atoms with van der Waals surface area (Å²) in [5, 5.41) is 0. The molecule has 1 aliphatic carbocycles. The molecule has 0 unspecified atom stereocenters. The van der Waals surface area contributed by atoms with Crippen molar-refractivity contribution in [1.82, 2.24) is 0 Å². The molecular formula is C6H12N2. The van der Waals surface area contributed by atoms with Gasteiger partial charge in [-0.15, -0.1) is 0 Å². The van der Waals surface area contributed by atoms with Crippen LogP contribution in [0.1, 0.15) is 19.3 Å². The molecule has 0 heterocycles. The van der Waals surface area contributed by atoms with Gasteiger partial charge >= 0.3 is 0 Å². The fourth-order valence-corrected chi connectivity index (χ4v) is 0.887. The van der Waals surface area contributed by atoms with Crippen LogP contribution < -0.4 is 5.73 Å². The number of rotatable bonds is 1. The van der Waals surface area contributed by atoms with E-state index < -0.39 is 0 Å². The minimum atomic E-state index is 0.625. The summed E-state index contributed by atoms with van der Waals surface area (Å²) in [7, 11) is 1.76. The highest BCUT2D eigenvalue weighted by Crippen LogP contribution is 2.25. The summed E-state index contributed by atoms with van der Waals surface area (Å²) in [6.07, 6.45) is 3.84. The van der Waals surface area contributed by atoms with Crippen LogP contribution >= 0.6 is 0 Å². The summed E-state index contributed by atoms with van der Waals surface area (Å²) in [4.78, 5) is 3.90. The Kier molecular flexibility index (Phi) is 1.51. The molecule has 8 heavy (non-hydrogen) atoms. The van der Waals surface area contributed by atoms with Crippen LogP contribution in [0.2, 0.25) is 0 Å². The molecule has 2 N–H and O–H groups in total. The summed E-state index contributed by atoms with van der Waals surface area (Å²) in [5.41, 5.74) is 5.53. The Morgan fingerprint density at radius 3 is 2.38 bits per heavy atom. The van der Waals surface area contributed by atoms with Gasteiger partial charge in [0, 0.05) is 13.0 Å². The second-order valence-corrected chi connectivity index (χ2v) is 2.28. The first kappa shape index (κ1) is 5.60. The maximum atomic E-state index is 5.53. The molecule has 0 saturated heterocycles. The zero-order valence-corrected chi connectivity index (χ0v) is 5.22. The van der Waals surface area contributed by atoms with Crippen molar-refractivity contribution < 1.29 is 0 Å². The molecule has 0 radical (unpaired) electrons. The molecule has 0 aliphatic heterocycles. The van der Waals surface area contributed by atoms with Crippen molar-refractivity contribution in [3.63, 3.8) is 0 Å². The van der Waals surface area contributed by atoms with Gasteiger partial charge in [0.1, 0.15) is 0 Å². The lowest BCUT2D eigenvalue weighted by Gasteiger charge is -2.23. The van der Waals surface area contributed by atoms with Crippen molar-refractivity contribution in [1.29, 1.82) is 0 Å². The van der Waals surface area contributed by atoms with E-state index in [-0.39, 0.29) is 0 Å². The lowest BCUT2D eigenvalue weighted by Crippen LogP contribution is -2.28. The fourth-order valence-electron chi connectivity index (χ4n) is 0.887. The van der Waals surface area contributed by atoms with E-state index in [9.17, 15) is 0 Å². The van der Waals surface area contributed by atoms with Crippen LogP contribution in [0.3, 0.4) is 0 Å². The molecule has 46 valence electrons. The van der Waals surface area contributed by atoms with Gasteiger partial charge in [-0.25, -0.2) is 0 Å². The number of aliphatic imine (C=N–C) groups is 1. The van der Waals surface area contributed by atoms with E-state index in [4.69, 9.17) is 5.73 Å². The third-order valence-electron chi connectivity index (χ3n) is 1.78. The lowest BCUT2D eigenvalue weighted by molar-refractivity contribution is 0.410. The Balaban J connectivity index is 2.34. The van der Waals surface area contributed by atoms with Crippen LogP contribution in [0.5, 0.6) is 0 Å². The van der Waals surface area contributed by atoms with Crippen LogP contribution in [0.25, 0.3) is 0 Å². The normalized spacial score (nSPS) is 22.9. The van der Waals surface area contributed by atoms with Crippen molar-refractivity contribution >= 4 is 5.84 Å². The summed E-state index contributed by atoms with van der Waals surface area (Å²) in [5.74, 6) is 1.47. The molecule has 0 spiro atoms. The topological polar surface area (TPSA) is 38.4 Å². The predicted octanol–water partition coefficient (Wildman–Crippen LogP) is 0.774. The van der Waals surface area contributed by atoms with Crippen molar-refractivity contribution in [3.8, 4) is 0 Å². The van der Waals surface area contributed by atoms with Crippen molar-refractivity contribution in [3.05, 3.63) is 0 Å². The maximum absolute atomic E-state index is 5.53. The first-order chi connectivity index (χ1) is 3.84. The number of hydrogen-bond acceptors (Lipinski definition) is 1. The minimum absolute atomic E-state index is 0.625. The second kappa shape index (κ2) is 2.16. The molecule has 0 atom stereocenters. The standard InChI is InChI=1S/C6H12N2/c1-8-6(7)5-3-2-4-5/h5H,2-4H2,1H3,(H2,7,8). The Hall–Kier alpha value is -0.530. The van der Waals surface area contributed by atoms with Gasteiger partial charge in [-0.1, -0.05) is 6.42 Å². The van der Waals surface area contributed by atoms with Crippen molar-refractivity contribution in [2.75, 3.05) is 7.05 Å². The van der Waals surface area contributed by atoms with Crippen LogP contribution in [-0.4, -0.2) is 12.9 Å². The SMILES string of the molecule is CN=C(N)C1CCC1. The van der Waals surface area contributed by atoms with Gasteiger partial charge < -0.3 is 5.73 Å². The van der Waals surface area contributed by atoms with Gasteiger partial charge in [0.05, 0.1) is 5.84 Å². The van der Waals surface area contributed by atoms with Crippen molar-refractivity contribution in [2.45, 2.75) is 19.3 Å². The molecule has 0 amide bonds.